The summed E-state index contributed by atoms with van der Waals surface area (Å²) in [5.41, 5.74) is 0.704. The lowest BCUT2D eigenvalue weighted by molar-refractivity contribution is 0.287. The van der Waals surface area contributed by atoms with E-state index in [-0.39, 0.29) is 6.42 Å². The number of pyridine rings is 1. The van der Waals surface area contributed by atoms with Crippen LogP contribution in [0.2, 0.25) is 0 Å². The third-order valence-electron chi connectivity index (χ3n) is 2.12. The van der Waals surface area contributed by atoms with Crippen molar-refractivity contribution in [2.24, 2.45) is 0 Å². The van der Waals surface area contributed by atoms with Crippen molar-refractivity contribution in [3.63, 3.8) is 0 Å². The van der Waals surface area contributed by atoms with Crippen LogP contribution in [-0.4, -0.2) is 18.7 Å². The maximum Gasteiger partial charge on any atom is 0.179 e. The Morgan fingerprint density at radius 1 is 1.44 bits per heavy atom. The van der Waals surface area contributed by atoms with Gasteiger partial charge in [-0.15, -0.1) is 0 Å². The van der Waals surface area contributed by atoms with E-state index in [0.29, 0.717) is 23.8 Å². The lowest BCUT2D eigenvalue weighted by Gasteiger charge is -2.10. The van der Waals surface area contributed by atoms with E-state index in [1.165, 1.54) is 0 Å². The molecule has 16 heavy (non-hydrogen) atoms. The number of nitriles is 1. The summed E-state index contributed by atoms with van der Waals surface area (Å²) in [7, 11) is 1.58. The molecule has 0 spiro atoms. The quantitative estimate of drug-likeness (QED) is 0.690. The Morgan fingerprint density at radius 3 is 2.88 bits per heavy atom. The van der Waals surface area contributed by atoms with Gasteiger partial charge in [-0.25, -0.2) is 0 Å². The van der Waals surface area contributed by atoms with Gasteiger partial charge in [-0.05, 0) is 6.42 Å². The van der Waals surface area contributed by atoms with E-state index in [9.17, 15) is 0 Å². The monoisotopic (exact) mass is 220 g/mol. The first kappa shape index (κ1) is 12.3. The molecule has 0 saturated heterocycles. The van der Waals surface area contributed by atoms with E-state index < -0.39 is 0 Å². The maximum absolute atomic E-state index is 8.59. The van der Waals surface area contributed by atoms with Crippen LogP contribution in [0.1, 0.15) is 25.5 Å². The minimum atomic E-state index is 0.286. The van der Waals surface area contributed by atoms with Crippen molar-refractivity contribution in [1.29, 1.82) is 5.26 Å². The summed E-state index contributed by atoms with van der Waals surface area (Å²) in [6.45, 7) is 2.76. The third-order valence-corrected chi connectivity index (χ3v) is 2.12. The van der Waals surface area contributed by atoms with Crippen molar-refractivity contribution in [2.75, 3.05) is 13.7 Å². The molecule has 0 fully saturated rings. The van der Waals surface area contributed by atoms with Gasteiger partial charge in [-0.2, -0.15) is 5.26 Å². The molecule has 86 valence electrons. The smallest absolute Gasteiger partial charge is 0.179 e. The van der Waals surface area contributed by atoms with Gasteiger partial charge < -0.3 is 9.47 Å². The molecular weight excluding hydrogens is 204 g/mol. The fourth-order valence-corrected chi connectivity index (χ4v) is 1.24. The fourth-order valence-electron chi connectivity index (χ4n) is 1.24. The molecule has 1 heterocycles. The molecule has 0 N–H and O–H groups in total. The van der Waals surface area contributed by atoms with E-state index in [2.05, 4.69) is 18.0 Å². The molecule has 1 rings (SSSR count). The van der Waals surface area contributed by atoms with Gasteiger partial charge >= 0.3 is 0 Å². The number of methoxy groups -OCH3 is 1. The second-order valence-electron chi connectivity index (χ2n) is 3.36. The molecule has 4 nitrogen and oxygen atoms in total. The predicted octanol–water partition coefficient (Wildman–Crippen LogP) is 2.34. The highest BCUT2D eigenvalue weighted by atomic mass is 16.5. The molecule has 0 amide bonds. The fraction of sp³-hybridized carbons (Fsp3) is 0.500. The summed E-state index contributed by atoms with van der Waals surface area (Å²) in [6.07, 6.45) is 3.96. The minimum absolute atomic E-state index is 0.286. The SMILES string of the molecule is CCCCOc1cc(CC#N)ncc1OC. The van der Waals surface area contributed by atoms with E-state index in [1.807, 2.05) is 0 Å². The van der Waals surface area contributed by atoms with Crippen LogP contribution in [0.5, 0.6) is 11.5 Å². The minimum Gasteiger partial charge on any atom is -0.491 e. The van der Waals surface area contributed by atoms with Gasteiger partial charge in [0.05, 0.1) is 38.1 Å². The molecule has 0 saturated carbocycles. The first-order valence-electron chi connectivity index (χ1n) is 5.34. The average molecular weight is 220 g/mol. The topological polar surface area (TPSA) is 55.1 Å². The highest BCUT2D eigenvalue weighted by molar-refractivity contribution is 5.39. The van der Waals surface area contributed by atoms with Crippen LogP contribution in [0.4, 0.5) is 0 Å². The Kier molecular flexibility index (Phi) is 5.13. The lowest BCUT2D eigenvalue weighted by atomic mass is 10.2. The normalized spacial score (nSPS) is 9.56. The van der Waals surface area contributed by atoms with Crippen LogP contribution in [0, 0.1) is 11.3 Å². The van der Waals surface area contributed by atoms with Gasteiger partial charge in [-0.3, -0.25) is 4.98 Å². The average Bonchev–Trinajstić information content (AvgIpc) is 2.30. The highest BCUT2D eigenvalue weighted by Crippen LogP contribution is 2.26. The molecule has 1 aromatic rings. The molecule has 0 atom stereocenters. The summed E-state index contributed by atoms with van der Waals surface area (Å²) in [4.78, 5) is 4.10. The number of ether oxygens (including phenoxy) is 2. The largest absolute Gasteiger partial charge is 0.491 e. The molecule has 0 aliphatic carbocycles. The first-order valence-corrected chi connectivity index (χ1v) is 5.34. The summed E-state index contributed by atoms with van der Waals surface area (Å²) in [5.74, 6) is 1.27. The lowest BCUT2D eigenvalue weighted by Crippen LogP contribution is -2.00. The Labute approximate surface area is 95.8 Å². The second kappa shape index (κ2) is 6.67. The van der Waals surface area contributed by atoms with Crippen LogP contribution in [-0.2, 0) is 6.42 Å². The summed E-state index contributed by atoms with van der Waals surface area (Å²) in [5, 5.41) is 8.59. The van der Waals surface area contributed by atoms with Crippen molar-refractivity contribution >= 4 is 0 Å². The first-order chi connectivity index (χ1) is 7.81. The van der Waals surface area contributed by atoms with Crippen molar-refractivity contribution < 1.29 is 9.47 Å². The molecule has 1 aromatic heterocycles. The molecule has 0 unspecified atom stereocenters. The number of nitrogens with zero attached hydrogens (tertiary/aromatic N) is 2. The van der Waals surface area contributed by atoms with Gasteiger partial charge in [0.2, 0.25) is 0 Å². The molecule has 4 heteroatoms. The van der Waals surface area contributed by atoms with Crippen LogP contribution < -0.4 is 9.47 Å². The van der Waals surface area contributed by atoms with Crippen LogP contribution in [0.15, 0.2) is 12.3 Å². The van der Waals surface area contributed by atoms with Gasteiger partial charge in [0.15, 0.2) is 11.5 Å². The molecule has 0 radical (unpaired) electrons. The molecule has 0 bridgehead atoms. The number of rotatable bonds is 6. The Hall–Kier alpha value is -1.76. The maximum atomic E-state index is 8.59. The summed E-state index contributed by atoms with van der Waals surface area (Å²) >= 11 is 0. The van der Waals surface area contributed by atoms with Crippen molar-refractivity contribution in [1.82, 2.24) is 4.98 Å². The van der Waals surface area contributed by atoms with Crippen LogP contribution >= 0.6 is 0 Å². The van der Waals surface area contributed by atoms with Crippen LogP contribution in [0.25, 0.3) is 0 Å². The van der Waals surface area contributed by atoms with Crippen LogP contribution in [0.3, 0.4) is 0 Å². The van der Waals surface area contributed by atoms with Crippen molar-refractivity contribution in [2.45, 2.75) is 26.2 Å². The summed E-state index contributed by atoms with van der Waals surface area (Å²) in [6, 6.07) is 3.82. The van der Waals surface area contributed by atoms with Gasteiger partial charge in [-0.1, -0.05) is 13.3 Å². The molecule has 0 aliphatic heterocycles. The molecular formula is C12H16N2O2. The molecule has 0 aliphatic rings. The predicted molar refractivity (Wildman–Crippen MR) is 60.5 cm³/mol. The standard InChI is InChI=1S/C12H16N2O2/c1-3-4-7-16-11-8-10(5-6-13)14-9-12(11)15-2/h8-9H,3-5,7H2,1-2H3. The van der Waals surface area contributed by atoms with Gasteiger partial charge in [0, 0.05) is 6.07 Å². The number of hydrogen-bond acceptors (Lipinski definition) is 4. The van der Waals surface area contributed by atoms with E-state index in [1.54, 1.807) is 19.4 Å². The number of aromatic nitrogens is 1. The van der Waals surface area contributed by atoms with Crippen molar-refractivity contribution in [3.05, 3.63) is 18.0 Å². The third kappa shape index (κ3) is 3.43. The van der Waals surface area contributed by atoms with E-state index >= 15 is 0 Å². The molecule has 0 aromatic carbocycles. The number of unbranched alkanes of at least 4 members (excludes halogenated alkanes) is 1. The zero-order chi connectivity index (χ0) is 11.8. The van der Waals surface area contributed by atoms with Crippen molar-refractivity contribution in [3.8, 4) is 17.6 Å². The van der Waals surface area contributed by atoms with Gasteiger partial charge in [0.1, 0.15) is 0 Å². The Balaban J connectivity index is 2.76. The number of hydrogen-bond donors (Lipinski definition) is 0. The van der Waals surface area contributed by atoms with E-state index in [4.69, 9.17) is 14.7 Å². The zero-order valence-electron chi connectivity index (χ0n) is 9.69. The van der Waals surface area contributed by atoms with Gasteiger partial charge in [0.25, 0.3) is 0 Å². The second-order valence-corrected chi connectivity index (χ2v) is 3.36. The van der Waals surface area contributed by atoms with E-state index in [0.717, 1.165) is 12.8 Å². The highest BCUT2D eigenvalue weighted by Gasteiger charge is 2.06. The Bertz CT molecular complexity index is 372. The Morgan fingerprint density at radius 2 is 2.25 bits per heavy atom. The zero-order valence-corrected chi connectivity index (χ0v) is 9.69. The summed E-state index contributed by atoms with van der Waals surface area (Å²) < 4.78 is 10.7.